The molecular weight excluding hydrogens is 294 g/mol. The Morgan fingerprint density at radius 3 is 2.67 bits per heavy atom. The normalized spacial score (nSPS) is 17.9. The van der Waals surface area contributed by atoms with Crippen molar-refractivity contribution in [2.24, 2.45) is 0 Å². The molecule has 0 atom stereocenters. The molecule has 0 amide bonds. The lowest BCUT2D eigenvalue weighted by Gasteiger charge is -2.32. The van der Waals surface area contributed by atoms with Crippen molar-refractivity contribution in [3.63, 3.8) is 0 Å². The van der Waals surface area contributed by atoms with Crippen LogP contribution in [0.3, 0.4) is 0 Å². The van der Waals surface area contributed by atoms with E-state index in [1.807, 2.05) is 6.07 Å². The molecule has 0 aliphatic carbocycles. The van der Waals surface area contributed by atoms with Crippen LogP contribution in [0.1, 0.15) is 19.2 Å². The quantitative estimate of drug-likeness (QED) is 0.858. The Labute approximate surface area is 117 Å². The summed E-state index contributed by atoms with van der Waals surface area (Å²) >= 11 is 3.44. The number of hydrogen-bond acceptors (Lipinski definition) is 5. The van der Waals surface area contributed by atoms with Gasteiger partial charge in [-0.3, -0.25) is 0 Å². The highest BCUT2D eigenvalue weighted by molar-refractivity contribution is 9.10. The van der Waals surface area contributed by atoms with E-state index in [0.29, 0.717) is 0 Å². The Bertz CT molecular complexity index is 390. The Morgan fingerprint density at radius 2 is 2.00 bits per heavy atom. The average Bonchev–Trinajstić information content (AvgIpc) is 2.32. The third-order valence-corrected chi connectivity index (χ3v) is 3.40. The Morgan fingerprint density at radius 1 is 1.28 bits per heavy atom. The molecule has 1 aliphatic heterocycles. The van der Waals surface area contributed by atoms with Crippen LogP contribution in [0.5, 0.6) is 0 Å². The Kier molecular flexibility index (Phi) is 4.91. The van der Waals surface area contributed by atoms with Crippen molar-refractivity contribution in [3.8, 4) is 0 Å². The number of hydrogen-bond donors (Lipinski definition) is 1. The summed E-state index contributed by atoms with van der Waals surface area (Å²) in [6.45, 7) is 6.34. The van der Waals surface area contributed by atoms with Crippen molar-refractivity contribution < 1.29 is 0 Å². The van der Waals surface area contributed by atoms with Crippen LogP contribution >= 0.6 is 15.9 Å². The van der Waals surface area contributed by atoms with E-state index >= 15 is 0 Å². The molecule has 0 unspecified atom stereocenters. The highest BCUT2D eigenvalue weighted by Crippen LogP contribution is 2.14. The number of aromatic nitrogens is 2. The minimum atomic E-state index is 0.845. The standard InChI is InChI=1S/C12H20BrN5/c1-3-4-11-14-10(13)9-12(15-11)16-18-7-5-17(2)6-8-18/h9H,3-8H2,1-2H3,(H,14,15,16). The molecule has 1 aromatic heterocycles. The van der Waals surface area contributed by atoms with E-state index in [2.05, 4.69) is 55.2 Å². The van der Waals surface area contributed by atoms with Gasteiger partial charge < -0.3 is 10.3 Å². The first-order valence-corrected chi connectivity index (χ1v) is 7.20. The van der Waals surface area contributed by atoms with Gasteiger partial charge in [0, 0.05) is 38.7 Å². The number of likely N-dealkylation sites (N-methyl/N-ethyl adjacent to an activating group) is 1. The maximum Gasteiger partial charge on any atom is 0.145 e. The molecule has 0 radical (unpaired) electrons. The number of aryl methyl sites for hydroxylation is 1. The molecule has 0 bridgehead atoms. The fraction of sp³-hybridized carbons (Fsp3) is 0.667. The summed E-state index contributed by atoms with van der Waals surface area (Å²) in [5.74, 6) is 1.77. The Balaban J connectivity index is 2.00. The highest BCUT2D eigenvalue weighted by atomic mass is 79.9. The first-order valence-electron chi connectivity index (χ1n) is 6.41. The SMILES string of the molecule is CCCc1nc(Br)cc(NN2CCN(C)CC2)n1. The van der Waals surface area contributed by atoms with E-state index in [0.717, 1.165) is 55.3 Å². The van der Waals surface area contributed by atoms with Crippen LogP contribution in [0.15, 0.2) is 10.7 Å². The van der Waals surface area contributed by atoms with Crippen molar-refractivity contribution in [2.45, 2.75) is 19.8 Å². The molecule has 1 aromatic rings. The number of nitrogens with one attached hydrogen (secondary N) is 1. The lowest BCUT2D eigenvalue weighted by atomic mass is 10.3. The van der Waals surface area contributed by atoms with Crippen molar-refractivity contribution in [1.29, 1.82) is 0 Å². The maximum atomic E-state index is 4.53. The van der Waals surface area contributed by atoms with Crippen molar-refractivity contribution in [3.05, 3.63) is 16.5 Å². The highest BCUT2D eigenvalue weighted by Gasteiger charge is 2.14. The van der Waals surface area contributed by atoms with E-state index in [4.69, 9.17) is 0 Å². The van der Waals surface area contributed by atoms with Gasteiger partial charge in [-0.25, -0.2) is 15.0 Å². The van der Waals surface area contributed by atoms with Gasteiger partial charge in [0.2, 0.25) is 0 Å². The van der Waals surface area contributed by atoms with Crippen molar-refractivity contribution in [2.75, 3.05) is 38.7 Å². The van der Waals surface area contributed by atoms with E-state index < -0.39 is 0 Å². The summed E-state index contributed by atoms with van der Waals surface area (Å²) in [6.07, 6.45) is 1.97. The molecule has 18 heavy (non-hydrogen) atoms. The number of rotatable bonds is 4. The number of halogens is 1. The summed E-state index contributed by atoms with van der Waals surface area (Å²) in [6, 6.07) is 1.93. The van der Waals surface area contributed by atoms with Gasteiger partial charge in [0.15, 0.2) is 0 Å². The van der Waals surface area contributed by atoms with Gasteiger partial charge in [-0.1, -0.05) is 6.92 Å². The van der Waals surface area contributed by atoms with Crippen LogP contribution in [0.4, 0.5) is 5.82 Å². The van der Waals surface area contributed by atoms with Gasteiger partial charge in [0.25, 0.3) is 0 Å². The molecule has 1 aliphatic rings. The van der Waals surface area contributed by atoms with Crippen LogP contribution in [-0.4, -0.2) is 53.1 Å². The van der Waals surface area contributed by atoms with Gasteiger partial charge in [-0.2, -0.15) is 0 Å². The largest absolute Gasteiger partial charge is 0.304 e. The van der Waals surface area contributed by atoms with Crippen molar-refractivity contribution in [1.82, 2.24) is 19.9 Å². The molecule has 5 nitrogen and oxygen atoms in total. The second-order valence-electron chi connectivity index (χ2n) is 4.64. The van der Waals surface area contributed by atoms with Gasteiger partial charge in [0.1, 0.15) is 16.2 Å². The number of piperazine rings is 1. The van der Waals surface area contributed by atoms with Crippen LogP contribution < -0.4 is 5.43 Å². The number of anilines is 1. The molecule has 1 saturated heterocycles. The molecule has 0 saturated carbocycles. The zero-order chi connectivity index (χ0) is 13.0. The van der Waals surface area contributed by atoms with Crippen molar-refractivity contribution >= 4 is 21.7 Å². The molecule has 1 N–H and O–H groups in total. The fourth-order valence-electron chi connectivity index (χ4n) is 1.94. The third kappa shape index (κ3) is 3.90. The fourth-order valence-corrected chi connectivity index (χ4v) is 2.36. The molecule has 1 fully saturated rings. The van der Waals surface area contributed by atoms with Gasteiger partial charge in [0.05, 0.1) is 0 Å². The topological polar surface area (TPSA) is 44.3 Å². The molecule has 2 heterocycles. The number of nitrogens with zero attached hydrogens (tertiary/aromatic N) is 4. The van der Waals surface area contributed by atoms with E-state index in [9.17, 15) is 0 Å². The minimum Gasteiger partial charge on any atom is -0.304 e. The van der Waals surface area contributed by atoms with Gasteiger partial charge in [-0.15, -0.1) is 0 Å². The monoisotopic (exact) mass is 313 g/mol. The van der Waals surface area contributed by atoms with E-state index in [1.54, 1.807) is 0 Å². The Hall–Kier alpha value is -0.720. The second-order valence-corrected chi connectivity index (χ2v) is 5.46. The first kappa shape index (κ1) is 13.7. The molecule has 100 valence electrons. The van der Waals surface area contributed by atoms with Crippen LogP contribution in [0.25, 0.3) is 0 Å². The summed E-state index contributed by atoms with van der Waals surface area (Å²) in [7, 11) is 2.15. The predicted octanol–water partition coefficient (Wildman–Crippen LogP) is 1.77. The second kappa shape index (κ2) is 6.45. The lowest BCUT2D eigenvalue weighted by molar-refractivity contribution is 0.178. The molecule has 0 spiro atoms. The maximum absolute atomic E-state index is 4.53. The summed E-state index contributed by atoms with van der Waals surface area (Å²) in [5, 5.41) is 2.21. The van der Waals surface area contributed by atoms with E-state index in [1.165, 1.54) is 0 Å². The van der Waals surface area contributed by atoms with E-state index in [-0.39, 0.29) is 0 Å². The zero-order valence-corrected chi connectivity index (χ0v) is 12.6. The van der Waals surface area contributed by atoms with Crippen LogP contribution in [-0.2, 0) is 6.42 Å². The summed E-state index contributed by atoms with van der Waals surface area (Å²) < 4.78 is 0.845. The summed E-state index contributed by atoms with van der Waals surface area (Å²) in [4.78, 5) is 11.2. The van der Waals surface area contributed by atoms with Gasteiger partial charge >= 0.3 is 0 Å². The summed E-state index contributed by atoms with van der Waals surface area (Å²) in [5.41, 5.74) is 3.37. The third-order valence-electron chi connectivity index (χ3n) is 2.99. The van der Waals surface area contributed by atoms with Crippen LogP contribution in [0, 0.1) is 0 Å². The smallest absolute Gasteiger partial charge is 0.145 e. The minimum absolute atomic E-state index is 0.845. The zero-order valence-electron chi connectivity index (χ0n) is 11.0. The number of hydrazine groups is 1. The molecule has 0 aromatic carbocycles. The lowest BCUT2D eigenvalue weighted by Crippen LogP contribution is -2.47. The average molecular weight is 314 g/mol. The molecule has 6 heteroatoms. The predicted molar refractivity (Wildman–Crippen MR) is 76.4 cm³/mol. The van der Waals surface area contributed by atoms with Crippen LogP contribution in [0.2, 0.25) is 0 Å². The van der Waals surface area contributed by atoms with Gasteiger partial charge in [-0.05, 0) is 29.4 Å². The molecular formula is C12H20BrN5. The first-order chi connectivity index (χ1) is 8.67. The molecule has 2 rings (SSSR count).